The molecule has 1 N–H and O–H groups in total. The summed E-state index contributed by atoms with van der Waals surface area (Å²) >= 11 is 3.46. The minimum atomic E-state index is 0.0849. The van der Waals surface area contributed by atoms with Gasteiger partial charge in [0.15, 0.2) is 0 Å². The molecule has 1 aliphatic rings. The fourth-order valence-electron chi connectivity index (χ4n) is 3.45. The molecule has 1 saturated heterocycles. The molecule has 0 saturated carbocycles. The zero-order valence-electron chi connectivity index (χ0n) is 13.7. The molecule has 0 unspecified atom stereocenters. The molecule has 1 aliphatic heterocycles. The van der Waals surface area contributed by atoms with E-state index < -0.39 is 0 Å². The van der Waals surface area contributed by atoms with Crippen molar-refractivity contribution in [2.24, 2.45) is 0 Å². The van der Waals surface area contributed by atoms with Gasteiger partial charge in [0.25, 0.3) is 0 Å². The van der Waals surface area contributed by atoms with Crippen LogP contribution in [0, 0.1) is 0 Å². The topological polar surface area (TPSA) is 26.7 Å². The molecule has 3 aromatic rings. The number of halogens is 1. The van der Waals surface area contributed by atoms with Gasteiger partial charge in [0.2, 0.25) is 0 Å². The quantitative estimate of drug-likeness (QED) is 0.662. The molecule has 126 valence electrons. The van der Waals surface area contributed by atoms with Crippen molar-refractivity contribution in [3.8, 4) is 5.75 Å². The summed E-state index contributed by atoms with van der Waals surface area (Å²) in [4.78, 5) is 4.82. The van der Waals surface area contributed by atoms with Crippen molar-refractivity contribution in [3.63, 3.8) is 0 Å². The van der Waals surface area contributed by atoms with Crippen LogP contribution in [0.2, 0.25) is 0 Å². The second kappa shape index (κ2) is 6.81. The number of rotatable bonds is 3. The van der Waals surface area contributed by atoms with Crippen LogP contribution in [-0.4, -0.2) is 18.2 Å². The van der Waals surface area contributed by atoms with E-state index in [-0.39, 0.29) is 11.9 Å². The Morgan fingerprint density at radius 3 is 1.76 bits per heavy atom. The van der Waals surface area contributed by atoms with E-state index in [1.165, 1.54) is 11.4 Å². The number of nitrogens with zero attached hydrogens (tertiary/aromatic N) is 2. The molecule has 25 heavy (non-hydrogen) atoms. The van der Waals surface area contributed by atoms with Crippen LogP contribution < -0.4 is 9.80 Å². The fraction of sp³-hybridized carbons (Fsp3) is 0.143. The minimum absolute atomic E-state index is 0.0849. The molecule has 0 atom stereocenters. The molecule has 0 aromatic heterocycles. The third-order valence-corrected chi connectivity index (χ3v) is 5.25. The highest BCUT2D eigenvalue weighted by Gasteiger charge is 2.33. The van der Waals surface area contributed by atoms with Crippen molar-refractivity contribution in [2.75, 3.05) is 22.9 Å². The maximum absolute atomic E-state index is 9.88. The van der Waals surface area contributed by atoms with Gasteiger partial charge in [0, 0.05) is 24.5 Å². The molecule has 3 nitrogen and oxygen atoms in total. The van der Waals surface area contributed by atoms with Gasteiger partial charge < -0.3 is 14.9 Å². The van der Waals surface area contributed by atoms with E-state index in [0.717, 1.165) is 23.1 Å². The molecule has 4 heteroatoms. The number of para-hydroxylation sites is 2. The van der Waals surface area contributed by atoms with Crippen LogP contribution >= 0.6 is 15.9 Å². The van der Waals surface area contributed by atoms with Gasteiger partial charge in [0.05, 0.1) is 4.47 Å². The second-order valence-corrected chi connectivity index (χ2v) is 7.00. The number of benzene rings is 3. The van der Waals surface area contributed by atoms with Crippen molar-refractivity contribution >= 4 is 27.3 Å². The second-order valence-electron chi connectivity index (χ2n) is 6.14. The Kier molecular flexibility index (Phi) is 4.36. The molecule has 0 aliphatic carbocycles. The normalized spacial score (nSPS) is 14.9. The van der Waals surface area contributed by atoms with Gasteiger partial charge in [-0.3, -0.25) is 0 Å². The molecular weight excluding hydrogens is 376 g/mol. The Morgan fingerprint density at radius 2 is 1.28 bits per heavy atom. The van der Waals surface area contributed by atoms with E-state index in [4.69, 9.17) is 0 Å². The Bertz CT molecular complexity index is 807. The van der Waals surface area contributed by atoms with E-state index in [0.29, 0.717) is 0 Å². The van der Waals surface area contributed by atoms with Gasteiger partial charge in [0.1, 0.15) is 11.9 Å². The first kappa shape index (κ1) is 16.0. The Morgan fingerprint density at radius 1 is 0.760 bits per heavy atom. The van der Waals surface area contributed by atoms with Crippen molar-refractivity contribution < 1.29 is 5.11 Å². The first-order valence-electron chi connectivity index (χ1n) is 8.36. The first-order valence-corrected chi connectivity index (χ1v) is 9.15. The summed E-state index contributed by atoms with van der Waals surface area (Å²) in [5, 5.41) is 9.88. The lowest BCUT2D eigenvalue weighted by Gasteiger charge is -2.33. The molecule has 0 amide bonds. The van der Waals surface area contributed by atoms with E-state index in [2.05, 4.69) is 74.3 Å². The van der Waals surface area contributed by atoms with Crippen molar-refractivity contribution in [1.82, 2.24) is 0 Å². The summed E-state index contributed by atoms with van der Waals surface area (Å²) in [6.45, 7) is 1.89. The van der Waals surface area contributed by atoms with Crippen LogP contribution in [0.5, 0.6) is 5.75 Å². The first-order chi connectivity index (χ1) is 12.2. The van der Waals surface area contributed by atoms with Crippen molar-refractivity contribution in [2.45, 2.75) is 6.17 Å². The molecule has 3 aromatic carbocycles. The third-order valence-electron chi connectivity index (χ3n) is 4.62. The highest BCUT2D eigenvalue weighted by atomic mass is 79.9. The maximum Gasteiger partial charge on any atom is 0.129 e. The van der Waals surface area contributed by atoms with E-state index in [1.807, 2.05) is 24.3 Å². The van der Waals surface area contributed by atoms with Gasteiger partial charge in [-0.1, -0.05) is 42.5 Å². The summed E-state index contributed by atoms with van der Waals surface area (Å²) in [5.41, 5.74) is 3.56. The van der Waals surface area contributed by atoms with Gasteiger partial charge in [-0.15, -0.1) is 0 Å². The molecular formula is C21H19BrN2O. The SMILES string of the molecule is Oc1ccc(C2N(c3ccccc3)CCN2c2ccccc2)cc1Br. The molecule has 0 bridgehead atoms. The van der Waals surface area contributed by atoms with Crippen LogP contribution in [0.15, 0.2) is 83.3 Å². The molecule has 0 spiro atoms. The average molecular weight is 395 g/mol. The van der Waals surface area contributed by atoms with Gasteiger partial charge in [-0.2, -0.15) is 0 Å². The number of phenolic OH excluding ortho intramolecular Hbond substituents is 1. The Hall–Kier alpha value is -2.46. The zero-order valence-corrected chi connectivity index (χ0v) is 15.3. The van der Waals surface area contributed by atoms with E-state index in [1.54, 1.807) is 6.07 Å². The monoisotopic (exact) mass is 394 g/mol. The molecule has 1 heterocycles. The van der Waals surface area contributed by atoms with Crippen LogP contribution in [0.1, 0.15) is 11.7 Å². The molecule has 4 rings (SSSR count). The lowest BCUT2D eigenvalue weighted by molar-refractivity contribution is 0.471. The van der Waals surface area contributed by atoms with Crippen molar-refractivity contribution in [3.05, 3.63) is 88.9 Å². The summed E-state index contributed by atoms with van der Waals surface area (Å²) in [6, 6.07) is 26.7. The average Bonchev–Trinajstić information content (AvgIpc) is 3.10. The summed E-state index contributed by atoms with van der Waals surface area (Å²) in [6.07, 6.45) is 0.0849. The Balaban J connectivity index is 1.79. The smallest absolute Gasteiger partial charge is 0.129 e. The maximum atomic E-state index is 9.88. The summed E-state index contributed by atoms with van der Waals surface area (Å²) < 4.78 is 0.720. The standard InChI is InChI=1S/C21H19BrN2O/c22-19-15-16(11-12-20(19)25)21-23(17-7-3-1-4-8-17)13-14-24(21)18-9-5-2-6-10-18/h1-12,15,21,25H,13-14H2. The van der Waals surface area contributed by atoms with Crippen molar-refractivity contribution in [1.29, 1.82) is 0 Å². The Labute approximate surface area is 156 Å². The fourth-order valence-corrected chi connectivity index (χ4v) is 3.85. The van der Waals surface area contributed by atoms with Gasteiger partial charge in [-0.05, 0) is 57.9 Å². The third kappa shape index (κ3) is 3.10. The highest BCUT2D eigenvalue weighted by Crippen LogP contribution is 2.39. The minimum Gasteiger partial charge on any atom is -0.507 e. The van der Waals surface area contributed by atoms with Crippen LogP contribution in [0.4, 0.5) is 11.4 Å². The number of phenols is 1. The van der Waals surface area contributed by atoms with Crippen LogP contribution in [-0.2, 0) is 0 Å². The lowest BCUT2D eigenvalue weighted by Crippen LogP contribution is -2.30. The van der Waals surface area contributed by atoms with Crippen LogP contribution in [0.25, 0.3) is 0 Å². The predicted molar refractivity (Wildman–Crippen MR) is 106 cm³/mol. The molecule has 1 fully saturated rings. The predicted octanol–water partition coefficient (Wildman–Crippen LogP) is 5.18. The van der Waals surface area contributed by atoms with E-state index >= 15 is 0 Å². The summed E-state index contributed by atoms with van der Waals surface area (Å²) in [5.74, 6) is 0.263. The van der Waals surface area contributed by atoms with Gasteiger partial charge in [-0.25, -0.2) is 0 Å². The number of anilines is 2. The van der Waals surface area contributed by atoms with Crippen LogP contribution in [0.3, 0.4) is 0 Å². The molecule has 0 radical (unpaired) electrons. The zero-order chi connectivity index (χ0) is 17.2. The lowest BCUT2D eigenvalue weighted by atomic mass is 10.1. The van der Waals surface area contributed by atoms with E-state index in [9.17, 15) is 5.11 Å². The van der Waals surface area contributed by atoms with Gasteiger partial charge >= 0.3 is 0 Å². The largest absolute Gasteiger partial charge is 0.507 e. The highest BCUT2D eigenvalue weighted by molar-refractivity contribution is 9.10. The number of hydrogen-bond donors (Lipinski definition) is 1. The summed E-state index contributed by atoms with van der Waals surface area (Å²) in [7, 11) is 0. The number of hydrogen-bond acceptors (Lipinski definition) is 3. The number of aromatic hydroxyl groups is 1.